The van der Waals surface area contributed by atoms with Crippen molar-refractivity contribution in [3.63, 3.8) is 0 Å². The monoisotopic (exact) mass is 324 g/mol. The van der Waals surface area contributed by atoms with Crippen LogP contribution in [0.4, 0.5) is 0 Å². The maximum Gasteiger partial charge on any atom is 0.0475 e. The maximum absolute atomic E-state index is 3.65. The third-order valence-electron chi connectivity index (χ3n) is 3.87. The van der Waals surface area contributed by atoms with Gasteiger partial charge in [0.1, 0.15) is 0 Å². The van der Waals surface area contributed by atoms with Gasteiger partial charge in [0.25, 0.3) is 0 Å². The molecule has 0 aliphatic carbocycles. The molecule has 0 radical (unpaired) electrons. The molecule has 1 aromatic carbocycles. The zero-order valence-electron chi connectivity index (χ0n) is 12.3. The lowest BCUT2D eigenvalue weighted by molar-refractivity contribution is 0.0623. The average molecular weight is 325 g/mol. The topological polar surface area (TPSA) is 6.48 Å². The first-order valence-corrected chi connectivity index (χ1v) is 8.17. The molecule has 1 heterocycles. The predicted octanol–water partition coefficient (Wildman–Crippen LogP) is 3.40. The van der Waals surface area contributed by atoms with Crippen LogP contribution in [-0.2, 0) is 0 Å². The number of halogens is 1. The highest BCUT2D eigenvalue weighted by atomic mass is 79.9. The zero-order valence-corrected chi connectivity index (χ0v) is 13.9. The minimum Gasteiger partial charge on any atom is -0.303 e. The second-order valence-electron chi connectivity index (χ2n) is 6.46. The number of benzene rings is 1. The molecule has 0 spiro atoms. The molecule has 1 aliphatic heterocycles. The van der Waals surface area contributed by atoms with Gasteiger partial charge in [0, 0.05) is 37.6 Å². The van der Waals surface area contributed by atoms with Crippen molar-refractivity contribution in [1.29, 1.82) is 0 Å². The van der Waals surface area contributed by atoms with Crippen LogP contribution in [0.25, 0.3) is 0 Å². The van der Waals surface area contributed by atoms with E-state index in [1.807, 2.05) is 0 Å². The Kier molecular flexibility index (Phi) is 5.04. The van der Waals surface area contributed by atoms with Crippen LogP contribution in [0.3, 0.4) is 0 Å². The zero-order chi connectivity index (χ0) is 13.9. The van der Waals surface area contributed by atoms with Gasteiger partial charge in [0.2, 0.25) is 0 Å². The van der Waals surface area contributed by atoms with Crippen LogP contribution in [-0.4, -0.2) is 48.4 Å². The lowest BCUT2D eigenvalue weighted by Crippen LogP contribution is -2.49. The molecular formula is C16H25BrN2. The Balaban J connectivity index is 2.16. The number of rotatable bonds is 4. The van der Waals surface area contributed by atoms with Crippen LogP contribution in [0.5, 0.6) is 0 Å². The van der Waals surface area contributed by atoms with E-state index in [0.717, 1.165) is 25.0 Å². The number of hydrogen-bond acceptors (Lipinski definition) is 2. The molecule has 1 unspecified atom stereocenters. The summed E-state index contributed by atoms with van der Waals surface area (Å²) in [6.45, 7) is 9.27. The number of nitrogens with zero attached hydrogens (tertiary/aromatic N) is 2. The van der Waals surface area contributed by atoms with Gasteiger partial charge >= 0.3 is 0 Å². The van der Waals surface area contributed by atoms with E-state index in [-0.39, 0.29) is 0 Å². The Morgan fingerprint density at radius 3 is 2.53 bits per heavy atom. The lowest BCUT2D eigenvalue weighted by Gasteiger charge is -2.43. The highest BCUT2D eigenvalue weighted by molar-refractivity contribution is 9.09. The summed E-state index contributed by atoms with van der Waals surface area (Å²) in [6.07, 6.45) is 0. The van der Waals surface area contributed by atoms with E-state index in [9.17, 15) is 0 Å². The van der Waals surface area contributed by atoms with Crippen molar-refractivity contribution in [3.05, 3.63) is 35.9 Å². The maximum atomic E-state index is 3.65. The van der Waals surface area contributed by atoms with Gasteiger partial charge in [-0.3, -0.25) is 4.90 Å². The van der Waals surface area contributed by atoms with E-state index < -0.39 is 0 Å². The molecule has 0 bridgehead atoms. The van der Waals surface area contributed by atoms with Crippen LogP contribution in [0.15, 0.2) is 30.3 Å². The number of alkyl halides is 1. The Bertz CT molecular complexity index is 391. The summed E-state index contributed by atoms with van der Waals surface area (Å²) in [5, 5.41) is 1.05. The molecule has 1 fully saturated rings. The molecule has 19 heavy (non-hydrogen) atoms. The summed E-state index contributed by atoms with van der Waals surface area (Å²) >= 11 is 3.65. The van der Waals surface area contributed by atoms with Gasteiger partial charge in [0.15, 0.2) is 0 Å². The highest BCUT2D eigenvalue weighted by Gasteiger charge is 2.30. The van der Waals surface area contributed by atoms with Gasteiger partial charge in [-0.05, 0) is 18.0 Å². The fraction of sp³-hybridized carbons (Fsp3) is 0.625. The normalized spacial score (nSPS) is 22.6. The minimum absolute atomic E-state index is 0.322. The first-order chi connectivity index (χ1) is 9.02. The molecule has 1 aromatic rings. The van der Waals surface area contributed by atoms with Crippen molar-refractivity contribution in [2.24, 2.45) is 5.41 Å². The molecule has 2 nitrogen and oxygen atoms in total. The Morgan fingerprint density at radius 2 is 1.89 bits per heavy atom. The quantitative estimate of drug-likeness (QED) is 0.783. The number of piperazine rings is 1. The van der Waals surface area contributed by atoms with E-state index in [1.54, 1.807) is 0 Å². The Hall–Kier alpha value is -0.380. The largest absolute Gasteiger partial charge is 0.303 e. The molecule has 1 atom stereocenters. The summed E-state index contributed by atoms with van der Waals surface area (Å²) in [7, 11) is 2.23. The number of hydrogen-bond donors (Lipinski definition) is 0. The Labute approximate surface area is 125 Å². The first kappa shape index (κ1) is 15.0. The predicted molar refractivity (Wildman–Crippen MR) is 85.8 cm³/mol. The minimum atomic E-state index is 0.322. The van der Waals surface area contributed by atoms with Crippen molar-refractivity contribution < 1.29 is 0 Å². The van der Waals surface area contributed by atoms with E-state index in [2.05, 4.69) is 77.0 Å². The third-order valence-corrected chi connectivity index (χ3v) is 5.39. The standard InChI is InChI=1S/C16H25BrN2/c1-16(2,12-17)13-19-10-9-18(3)11-15(19)14-7-5-4-6-8-14/h4-8,15H,9-13H2,1-3H3. The molecule has 0 amide bonds. The molecule has 1 aliphatic rings. The molecule has 0 N–H and O–H groups in total. The third kappa shape index (κ3) is 4.04. The fourth-order valence-corrected chi connectivity index (χ4v) is 2.91. The van der Waals surface area contributed by atoms with Crippen molar-refractivity contribution in [2.75, 3.05) is 38.6 Å². The van der Waals surface area contributed by atoms with Gasteiger partial charge in [-0.1, -0.05) is 60.1 Å². The fourth-order valence-electron chi connectivity index (χ4n) is 2.73. The second kappa shape index (κ2) is 6.38. The summed E-state index contributed by atoms with van der Waals surface area (Å²) < 4.78 is 0. The van der Waals surface area contributed by atoms with Crippen LogP contribution in [0.1, 0.15) is 25.5 Å². The van der Waals surface area contributed by atoms with E-state index in [0.29, 0.717) is 11.5 Å². The first-order valence-electron chi connectivity index (χ1n) is 7.05. The SMILES string of the molecule is CN1CCN(CC(C)(C)CBr)C(c2ccccc2)C1. The highest BCUT2D eigenvalue weighted by Crippen LogP contribution is 2.29. The van der Waals surface area contributed by atoms with Crippen LogP contribution < -0.4 is 0 Å². The smallest absolute Gasteiger partial charge is 0.0475 e. The van der Waals surface area contributed by atoms with Crippen LogP contribution >= 0.6 is 15.9 Å². The molecule has 2 rings (SSSR count). The number of likely N-dealkylation sites (N-methyl/N-ethyl adjacent to an activating group) is 1. The summed E-state index contributed by atoms with van der Waals surface area (Å²) in [5.74, 6) is 0. The van der Waals surface area contributed by atoms with Crippen LogP contribution in [0.2, 0.25) is 0 Å². The van der Waals surface area contributed by atoms with Crippen molar-refractivity contribution >= 4 is 15.9 Å². The summed E-state index contributed by atoms with van der Waals surface area (Å²) in [6, 6.07) is 11.5. The van der Waals surface area contributed by atoms with Gasteiger partial charge in [-0.2, -0.15) is 0 Å². The molecule has 3 heteroatoms. The van der Waals surface area contributed by atoms with E-state index in [4.69, 9.17) is 0 Å². The summed E-state index contributed by atoms with van der Waals surface area (Å²) in [5.41, 5.74) is 1.77. The van der Waals surface area contributed by atoms with E-state index in [1.165, 1.54) is 12.1 Å². The Morgan fingerprint density at radius 1 is 1.21 bits per heavy atom. The van der Waals surface area contributed by atoms with Gasteiger partial charge < -0.3 is 4.90 Å². The molecule has 1 saturated heterocycles. The molecule has 0 aromatic heterocycles. The van der Waals surface area contributed by atoms with Crippen molar-refractivity contribution in [3.8, 4) is 0 Å². The molecule has 0 saturated carbocycles. The second-order valence-corrected chi connectivity index (χ2v) is 7.02. The van der Waals surface area contributed by atoms with E-state index >= 15 is 0 Å². The van der Waals surface area contributed by atoms with Crippen molar-refractivity contribution in [1.82, 2.24) is 9.80 Å². The molecular weight excluding hydrogens is 300 g/mol. The van der Waals surface area contributed by atoms with Gasteiger partial charge in [-0.25, -0.2) is 0 Å². The molecule has 106 valence electrons. The van der Waals surface area contributed by atoms with Crippen LogP contribution in [0, 0.1) is 5.41 Å². The average Bonchev–Trinajstić information content (AvgIpc) is 2.42. The lowest BCUT2D eigenvalue weighted by atomic mass is 9.93. The van der Waals surface area contributed by atoms with Gasteiger partial charge in [0.05, 0.1) is 0 Å². The summed E-state index contributed by atoms with van der Waals surface area (Å²) in [4.78, 5) is 5.09. The van der Waals surface area contributed by atoms with Gasteiger partial charge in [-0.15, -0.1) is 0 Å². The van der Waals surface area contributed by atoms with Crippen molar-refractivity contribution in [2.45, 2.75) is 19.9 Å².